The van der Waals surface area contributed by atoms with Gasteiger partial charge in [0.1, 0.15) is 22.7 Å². The van der Waals surface area contributed by atoms with Crippen LogP contribution < -0.4 is 25.5 Å². The first-order valence-electron chi connectivity index (χ1n) is 7.74. The van der Waals surface area contributed by atoms with E-state index in [0.717, 1.165) is 0 Å². The highest BCUT2D eigenvalue weighted by Crippen LogP contribution is 2.31. The minimum atomic E-state index is -0.648. The van der Waals surface area contributed by atoms with Crippen molar-refractivity contribution in [2.45, 2.75) is 0 Å². The fraction of sp³-hybridized carbons (Fsp3) is 0.158. The summed E-state index contributed by atoms with van der Waals surface area (Å²) >= 11 is 0. The molecule has 3 aromatic rings. The van der Waals surface area contributed by atoms with E-state index in [1.54, 1.807) is 49.6 Å². The lowest BCUT2D eigenvalue weighted by molar-refractivity contribution is 0.0996. The summed E-state index contributed by atoms with van der Waals surface area (Å²) in [6.07, 6.45) is 0. The summed E-state index contributed by atoms with van der Waals surface area (Å²) in [5.74, 6) is 0.963. The van der Waals surface area contributed by atoms with Crippen LogP contribution >= 0.6 is 0 Å². The molecule has 1 aromatic heterocycles. The predicted octanol–water partition coefficient (Wildman–Crippen LogP) is 2.79. The first-order valence-corrected chi connectivity index (χ1v) is 7.74. The van der Waals surface area contributed by atoms with Gasteiger partial charge in [0, 0.05) is 11.5 Å². The van der Waals surface area contributed by atoms with Crippen molar-refractivity contribution in [3.63, 3.8) is 0 Å². The van der Waals surface area contributed by atoms with Crippen molar-refractivity contribution in [2.24, 2.45) is 10.7 Å². The van der Waals surface area contributed by atoms with Gasteiger partial charge in [-0.05, 0) is 24.3 Å². The Morgan fingerprint density at radius 2 is 1.77 bits per heavy atom. The van der Waals surface area contributed by atoms with E-state index in [1.807, 2.05) is 0 Å². The number of nitrogens with two attached hydrogens (primary N) is 1. The van der Waals surface area contributed by atoms with Crippen LogP contribution in [0.3, 0.4) is 0 Å². The Labute approximate surface area is 149 Å². The molecule has 26 heavy (non-hydrogen) atoms. The second-order valence-electron chi connectivity index (χ2n) is 5.36. The summed E-state index contributed by atoms with van der Waals surface area (Å²) in [7, 11) is 4.61. The molecule has 0 unspecified atom stereocenters. The monoisotopic (exact) mass is 354 g/mol. The van der Waals surface area contributed by atoms with Gasteiger partial charge in [-0.15, -0.1) is 0 Å². The number of carbonyl (C=O) groups excluding carboxylic acids is 1. The van der Waals surface area contributed by atoms with Crippen LogP contribution in [0, 0.1) is 0 Å². The van der Waals surface area contributed by atoms with Crippen molar-refractivity contribution >= 4 is 22.6 Å². The number of carbonyl (C=O) groups is 1. The van der Waals surface area contributed by atoms with Gasteiger partial charge >= 0.3 is 0 Å². The Hall–Kier alpha value is -3.48. The number of hydrogen-bond donors (Lipinski definition) is 1. The van der Waals surface area contributed by atoms with Crippen molar-refractivity contribution in [3.05, 3.63) is 53.6 Å². The number of amides is 1. The Balaban J connectivity index is 2.30. The largest absolute Gasteiger partial charge is 0.497 e. The first kappa shape index (κ1) is 17.3. The molecule has 0 radical (unpaired) electrons. The van der Waals surface area contributed by atoms with Gasteiger partial charge in [0.2, 0.25) is 5.55 Å². The smallest absolute Gasteiger partial charge is 0.254 e. The standard InChI is InChI=1S/C19H18N2O5/c1-23-12-7-8-14(16(10-12)25-3)21-19-13(18(20)22)9-11-5-4-6-15(24-2)17(11)26-19/h4-10H,1-3H3,(H2,20,22). The predicted molar refractivity (Wildman–Crippen MR) is 96.1 cm³/mol. The summed E-state index contributed by atoms with van der Waals surface area (Å²) in [4.78, 5) is 16.3. The number of benzene rings is 2. The molecular formula is C19H18N2O5. The molecule has 2 aromatic carbocycles. The van der Waals surface area contributed by atoms with Gasteiger partial charge in [0.05, 0.1) is 21.3 Å². The molecule has 7 heteroatoms. The van der Waals surface area contributed by atoms with Gasteiger partial charge < -0.3 is 24.4 Å². The molecule has 0 bridgehead atoms. The van der Waals surface area contributed by atoms with Gasteiger partial charge in [0.25, 0.3) is 5.91 Å². The van der Waals surface area contributed by atoms with Gasteiger partial charge in [-0.3, -0.25) is 4.79 Å². The average molecular weight is 354 g/mol. The van der Waals surface area contributed by atoms with Crippen LogP contribution in [0.25, 0.3) is 11.0 Å². The molecule has 0 fully saturated rings. The Morgan fingerprint density at radius 3 is 2.42 bits per heavy atom. The molecule has 0 spiro atoms. The third-order valence-electron chi connectivity index (χ3n) is 3.83. The molecule has 0 saturated carbocycles. The normalized spacial score (nSPS) is 11.4. The van der Waals surface area contributed by atoms with Crippen molar-refractivity contribution in [1.82, 2.24) is 0 Å². The lowest BCUT2D eigenvalue weighted by Gasteiger charge is -2.08. The van der Waals surface area contributed by atoms with E-state index >= 15 is 0 Å². The van der Waals surface area contributed by atoms with Crippen molar-refractivity contribution in [2.75, 3.05) is 21.3 Å². The third-order valence-corrected chi connectivity index (χ3v) is 3.83. The number of hydrogen-bond acceptors (Lipinski definition) is 6. The zero-order valence-electron chi connectivity index (χ0n) is 14.6. The van der Waals surface area contributed by atoms with E-state index in [1.165, 1.54) is 14.2 Å². The van der Waals surface area contributed by atoms with Crippen LogP contribution in [-0.2, 0) is 0 Å². The van der Waals surface area contributed by atoms with Crippen LogP contribution in [0.2, 0.25) is 0 Å². The van der Waals surface area contributed by atoms with E-state index in [0.29, 0.717) is 33.9 Å². The second-order valence-corrected chi connectivity index (χ2v) is 5.36. The zero-order chi connectivity index (χ0) is 18.7. The molecule has 0 aliphatic heterocycles. The average Bonchev–Trinajstić information content (AvgIpc) is 2.67. The van der Waals surface area contributed by atoms with Crippen molar-refractivity contribution in [1.29, 1.82) is 0 Å². The SMILES string of the molecule is COc1ccc(N=c2oc3c(OC)cccc3cc2C(N)=O)c(OC)c1. The van der Waals surface area contributed by atoms with Crippen LogP contribution in [0.1, 0.15) is 10.4 Å². The summed E-state index contributed by atoms with van der Waals surface area (Å²) in [6, 6.07) is 12.1. The number of fused-ring (bicyclic) bond motifs is 1. The summed E-state index contributed by atoms with van der Waals surface area (Å²) in [5.41, 5.74) is 6.66. The summed E-state index contributed by atoms with van der Waals surface area (Å²) < 4.78 is 21.7. The van der Waals surface area contributed by atoms with Crippen LogP contribution in [0.5, 0.6) is 17.2 Å². The number of methoxy groups -OCH3 is 3. The summed E-state index contributed by atoms with van der Waals surface area (Å²) in [6.45, 7) is 0. The number of primary amides is 1. The van der Waals surface area contributed by atoms with Gasteiger partial charge in [0.15, 0.2) is 11.3 Å². The van der Waals surface area contributed by atoms with Gasteiger partial charge in [-0.1, -0.05) is 12.1 Å². The minimum Gasteiger partial charge on any atom is -0.497 e. The quantitative estimate of drug-likeness (QED) is 0.760. The molecule has 7 nitrogen and oxygen atoms in total. The molecular weight excluding hydrogens is 336 g/mol. The zero-order valence-corrected chi connectivity index (χ0v) is 14.6. The van der Waals surface area contributed by atoms with Crippen LogP contribution in [-0.4, -0.2) is 27.2 Å². The van der Waals surface area contributed by atoms with E-state index in [4.69, 9.17) is 24.4 Å². The topological polar surface area (TPSA) is 96.3 Å². The number of ether oxygens (including phenoxy) is 3. The van der Waals surface area contributed by atoms with Crippen LogP contribution in [0.4, 0.5) is 5.69 Å². The van der Waals surface area contributed by atoms with Crippen molar-refractivity contribution < 1.29 is 23.4 Å². The van der Waals surface area contributed by atoms with E-state index in [-0.39, 0.29) is 11.1 Å². The Bertz CT molecular complexity index is 1040. The number of nitrogens with zero attached hydrogens (tertiary/aromatic N) is 1. The Kier molecular flexibility index (Phi) is 4.79. The third kappa shape index (κ3) is 3.19. The maximum absolute atomic E-state index is 11.9. The molecule has 0 saturated heterocycles. The Morgan fingerprint density at radius 1 is 1.00 bits per heavy atom. The second kappa shape index (κ2) is 7.18. The highest BCUT2D eigenvalue weighted by Gasteiger charge is 2.13. The number of rotatable bonds is 5. The van der Waals surface area contributed by atoms with E-state index < -0.39 is 5.91 Å². The molecule has 1 heterocycles. The van der Waals surface area contributed by atoms with E-state index in [2.05, 4.69) is 4.99 Å². The highest BCUT2D eigenvalue weighted by molar-refractivity contribution is 5.96. The molecule has 134 valence electrons. The van der Waals surface area contributed by atoms with E-state index in [9.17, 15) is 4.79 Å². The van der Waals surface area contributed by atoms with Crippen molar-refractivity contribution in [3.8, 4) is 17.2 Å². The van der Waals surface area contributed by atoms with Gasteiger partial charge in [-0.2, -0.15) is 0 Å². The molecule has 0 aliphatic carbocycles. The molecule has 1 amide bonds. The lowest BCUT2D eigenvalue weighted by Crippen LogP contribution is -2.21. The van der Waals surface area contributed by atoms with Crippen LogP contribution in [0.15, 0.2) is 51.9 Å². The lowest BCUT2D eigenvalue weighted by atomic mass is 10.1. The van der Waals surface area contributed by atoms with Gasteiger partial charge in [-0.25, -0.2) is 4.99 Å². The highest BCUT2D eigenvalue weighted by atomic mass is 16.5. The molecule has 3 rings (SSSR count). The fourth-order valence-corrected chi connectivity index (χ4v) is 2.53. The number of para-hydroxylation sites is 1. The summed E-state index contributed by atoms with van der Waals surface area (Å²) in [5, 5.41) is 0.679. The maximum Gasteiger partial charge on any atom is 0.254 e. The molecule has 2 N–H and O–H groups in total. The minimum absolute atomic E-state index is 0.0676. The fourth-order valence-electron chi connectivity index (χ4n) is 2.53. The maximum atomic E-state index is 11.9. The first-order chi connectivity index (χ1) is 12.6. The molecule has 0 atom stereocenters. The molecule has 0 aliphatic rings.